The van der Waals surface area contributed by atoms with Crippen LogP contribution in [0.5, 0.6) is 0 Å². The maximum absolute atomic E-state index is 9.31. The molecule has 0 amide bonds. The number of aromatic nitrogens is 2. The van der Waals surface area contributed by atoms with Crippen LogP contribution in [-0.4, -0.2) is 27.7 Å². The van der Waals surface area contributed by atoms with Gasteiger partial charge in [0.25, 0.3) is 0 Å². The molecule has 3 N–H and O–H groups in total. The molecule has 1 heterocycles. The van der Waals surface area contributed by atoms with Crippen LogP contribution in [0.2, 0.25) is 5.02 Å². The fourth-order valence-electron chi connectivity index (χ4n) is 2.47. The van der Waals surface area contributed by atoms with Gasteiger partial charge < -0.3 is 15.7 Å². The monoisotopic (exact) mass is 368 g/mol. The number of nitrogens with one attached hydrogen (secondary N) is 2. The van der Waals surface area contributed by atoms with Gasteiger partial charge >= 0.3 is 0 Å². The Morgan fingerprint density at radius 1 is 1.08 bits per heavy atom. The minimum atomic E-state index is -0.151. The van der Waals surface area contributed by atoms with Gasteiger partial charge in [-0.05, 0) is 31.5 Å². The fourth-order valence-corrected chi connectivity index (χ4v) is 2.64. The van der Waals surface area contributed by atoms with E-state index in [1.807, 2.05) is 68.4 Å². The molecule has 0 aliphatic carbocycles. The van der Waals surface area contributed by atoms with E-state index in [1.165, 1.54) is 0 Å². The zero-order chi connectivity index (χ0) is 18.5. The van der Waals surface area contributed by atoms with Gasteiger partial charge in [0.15, 0.2) is 0 Å². The van der Waals surface area contributed by atoms with Gasteiger partial charge in [-0.3, -0.25) is 0 Å². The molecule has 0 unspecified atom stereocenters. The maximum atomic E-state index is 9.31. The number of nitrogens with zero attached hydrogens (tertiary/aromatic N) is 2. The van der Waals surface area contributed by atoms with Crippen LogP contribution in [0, 0.1) is 6.92 Å². The lowest BCUT2D eigenvalue weighted by Gasteiger charge is -2.15. The van der Waals surface area contributed by atoms with E-state index in [4.69, 9.17) is 11.6 Å². The Kier molecular flexibility index (Phi) is 5.71. The normalized spacial score (nSPS) is 11.8. The van der Waals surface area contributed by atoms with Gasteiger partial charge in [-0.15, -0.1) is 0 Å². The molecule has 0 aliphatic rings. The largest absolute Gasteiger partial charge is 0.394 e. The predicted molar refractivity (Wildman–Crippen MR) is 107 cm³/mol. The quantitative estimate of drug-likeness (QED) is 0.591. The fraction of sp³-hybridized carbons (Fsp3) is 0.200. The summed E-state index contributed by atoms with van der Waals surface area (Å²) in [5.41, 5.74) is 3.72. The van der Waals surface area contributed by atoms with E-state index < -0.39 is 0 Å². The lowest BCUT2D eigenvalue weighted by atomic mass is 10.1. The van der Waals surface area contributed by atoms with Crippen molar-refractivity contribution in [2.75, 3.05) is 17.2 Å². The average molecular weight is 369 g/mol. The van der Waals surface area contributed by atoms with Crippen LogP contribution in [0.4, 0.5) is 17.5 Å². The van der Waals surface area contributed by atoms with E-state index in [2.05, 4.69) is 20.6 Å². The van der Waals surface area contributed by atoms with Crippen molar-refractivity contribution in [1.82, 2.24) is 9.97 Å². The molecule has 3 aromatic rings. The molecule has 1 aromatic heterocycles. The van der Waals surface area contributed by atoms with E-state index in [0.29, 0.717) is 16.8 Å². The topological polar surface area (TPSA) is 70.1 Å². The molecule has 0 fully saturated rings. The van der Waals surface area contributed by atoms with Crippen molar-refractivity contribution < 1.29 is 5.11 Å². The Hall–Kier alpha value is -2.63. The predicted octanol–water partition coefficient (Wildman–Crippen LogP) is 4.64. The molecule has 26 heavy (non-hydrogen) atoms. The van der Waals surface area contributed by atoms with Gasteiger partial charge in [0, 0.05) is 28.4 Å². The summed E-state index contributed by atoms with van der Waals surface area (Å²) in [6.07, 6.45) is 0. The highest BCUT2D eigenvalue weighted by Crippen LogP contribution is 2.27. The first kappa shape index (κ1) is 18.2. The molecule has 0 aliphatic heterocycles. The highest BCUT2D eigenvalue weighted by atomic mass is 35.5. The second-order valence-electron chi connectivity index (χ2n) is 6.14. The van der Waals surface area contributed by atoms with Crippen molar-refractivity contribution in [2.45, 2.75) is 19.9 Å². The van der Waals surface area contributed by atoms with Gasteiger partial charge in [-0.2, -0.15) is 4.98 Å². The molecule has 3 rings (SSSR count). The number of halogens is 1. The number of benzene rings is 2. The number of hydrogen-bond donors (Lipinski definition) is 3. The molecule has 2 aromatic carbocycles. The van der Waals surface area contributed by atoms with E-state index in [-0.39, 0.29) is 12.6 Å². The molecule has 0 saturated heterocycles. The first-order chi connectivity index (χ1) is 12.5. The number of aryl methyl sites for hydroxylation is 1. The molecule has 5 nitrogen and oxygen atoms in total. The van der Waals surface area contributed by atoms with E-state index >= 15 is 0 Å². The van der Waals surface area contributed by atoms with Gasteiger partial charge in [-0.1, -0.05) is 48.0 Å². The average Bonchev–Trinajstić information content (AvgIpc) is 2.65. The van der Waals surface area contributed by atoms with E-state index in [9.17, 15) is 5.11 Å². The summed E-state index contributed by atoms with van der Waals surface area (Å²) >= 11 is 6.12. The van der Waals surface area contributed by atoms with Crippen molar-refractivity contribution in [1.29, 1.82) is 0 Å². The van der Waals surface area contributed by atoms with Crippen molar-refractivity contribution >= 4 is 29.1 Å². The van der Waals surface area contributed by atoms with Crippen LogP contribution < -0.4 is 10.6 Å². The molecule has 0 bridgehead atoms. The van der Waals surface area contributed by atoms with Crippen LogP contribution >= 0.6 is 11.6 Å². The van der Waals surface area contributed by atoms with Crippen molar-refractivity contribution in [2.24, 2.45) is 0 Å². The zero-order valence-corrected chi connectivity index (χ0v) is 15.5. The third-order valence-electron chi connectivity index (χ3n) is 3.91. The van der Waals surface area contributed by atoms with Gasteiger partial charge in [0.2, 0.25) is 5.95 Å². The minimum Gasteiger partial charge on any atom is -0.394 e. The number of aliphatic hydroxyl groups is 1. The maximum Gasteiger partial charge on any atom is 0.225 e. The molecular formula is C20H21ClN4O. The second-order valence-corrected chi connectivity index (χ2v) is 6.58. The third-order valence-corrected chi connectivity index (χ3v) is 4.14. The Balaban J connectivity index is 2.00. The van der Waals surface area contributed by atoms with Crippen molar-refractivity contribution in [3.8, 4) is 11.3 Å². The molecule has 134 valence electrons. The zero-order valence-electron chi connectivity index (χ0n) is 14.7. The molecule has 0 radical (unpaired) electrons. The lowest BCUT2D eigenvalue weighted by molar-refractivity contribution is 0.281. The summed E-state index contributed by atoms with van der Waals surface area (Å²) in [4.78, 5) is 9.10. The molecule has 1 atom stereocenters. The summed E-state index contributed by atoms with van der Waals surface area (Å²) in [5, 5.41) is 16.4. The Morgan fingerprint density at radius 2 is 1.85 bits per heavy atom. The van der Waals surface area contributed by atoms with Gasteiger partial charge in [0.1, 0.15) is 5.82 Å². The minimum absolute atomic E-state index is 0.00487. The molecular weight excluding hydrogens is 348 g/mol. The number of hydrogen-bond acceptors (Lipinski definition) is 5. The Morgan fingerprint density at radius 3 is 2.58 bits per heavy atom. The van der Waals surface area contributed by atoms with Crippen LogP contribution in [-0.2, 0) is 0 Å². The van der Waals surface area contributed by atoms with Crippen molar-refractivity contribution in [3.63, 3.8) is 0 Å². The summed E-state index contributed by atoms with van der Waals surface area (Å²) in [6.45, 7) is 3.87. The van der Waals surface area contributed by atoms with E-state index in [1.54, 1.807) is 0 Å². The Labute approximate surface area is 158 Å². The first-order valence-electron chi connectivity index (χ1n) is 8.40. The summed E-state index contributed by atoms with van der Waals surface area (Å²) in [7, 11) is 0. The van der Waals surface area contributed by atoms with Crippen LogP contribution in [0.25, 0.3) is 11.3 Å². The van der Waals surface area contributed by atoms with Crippen LogP contribution in [0.3, 0.4) is 0 Å². The van der Waals surface area contributed by atoms with Gasteiger partial charge in [-0.25, -0.2) is 4.98 Å². The van der Waals surface area contributed by atoms with Crippen LogP contribution in [0.15, 0.2) is 54.6 Å². The first-order valence-corrected chi connectivity index (χ1v) is 8.78. The summed E-state index contributed by atoms with van der Waals surface area (Å²) in [5.74, 6) is 1.10. The number of anilines is 3. The van der Waals surface area contributed by atoms with Crippen molar-refractivity contribution in [3.05, 3.63) is 65.2 Å². The van der Waals surface area contributed by atoms with Crippen LogP contribution in [0.1, 0.15) is 12.5 Å². The highest BCUT2D eigenvalue weighted by molar-refractivity contribution is 6.30. The SMILES string of the molecule is Cc1ccc(Cl)cc1Nc1cc(-c2ccccc2)nc(N[C@H](C)CO)n1. The van der Waals surface area contributed by atoms with E-state index in [0.717, 1.165) is 22.5 Å². The number of aliphatic hydroxyl groups excluding tert-OH is 1. The third kappa shape index (κ3) is 4.50. The lowest BCUT2D eigenvalue weighted by Crippen LogP contribution is -2.21. The summed E-state index contributed by atoms with van der Waals surface area (Å²) < 4.78 is 0. The van der Waals surface area contributed by atoms with Gasteiger partial charge in [0.05, 0.1) is 12.3 Å². The Bertz CT molecular complexity index is 886. The highest BCUT2D eigenvalue weighted by Gasteiger charge is 2.10. The smallest absolute Gasteiger partial charge is 0.225 e. The summed E-state index contributed by atoms with van der Waals surface area (Å²) in [6, 6.07) is 17.3. The standard InChI is InChI=1S/C20H21ClN4O/c1-13-8-9-16(21)10-17(13)23-19-11-18(15-6-4-3-5-7-15)24-20(25-19)22-14(2)12-26/h3-11,14,26H,12H2,1-2H3,(H2,22,23,24,25)/t14-/m1/s1. The molecule has 6 heteroatoms. The second kappa shape index (κ2) is 8.17. The number of rotatable bonds is 6. The molecule has 0 saturated carbocycles. The molecule has 0 spiro atoms.